The summed E-state index contributed by atoms with van der Waals surface area (Å²) in [5.41, 5.74) is 0. The third-order valence-corrected chi connectivity index (χ3v) is 2.86. The van der Waals surface area contributed by atoms with Crippen LogP contribution in [0.25, 0.3) is 0 Å². The molecule has 5 nitrogen and oxygen atoms in total. The molecule has 0 amide bonds. The molecule has 1 saturated heterocycles. The van der Waals surface area contributed by atoms with Crippen LogP contribution in [0.1, 0.15) is 32.1 Å². The Labute approximate surface area is 82.3 Å². The summed E-state index contributed by atoms with van der Waals surface area (Å²) < 4.78 is 25.2. The Bertz CT molecular complexity index is 277. The van der Waals surface area contributed by atoms with Crippen molar-refractivity contribution in [3.8, 4) is 0 Å². The topological polar surface area (TPSA) is 80.7 Å². The summed E-state index contributed by atoms with van der Waals surface area (Å²) >= 11 is 0. The molecule has 0 aliphatic carbocycles. The van der Waals surface area contributed by atoms with Crippen molar-refractivity contribution in [2.75, 3.05) is 6.16 Å². The zero-order valence-corrected chi connectivity index (χ0v) is 8.66. The fourth-order valence-corrected chi connectivity index (χ4v) is 1.91. The Morgan fingerprint density at radius 3 is 2.64 bits per heavy atom. The Balaban J connectivity index is 2.20. The first kappa shape index (κ1) is 11.4. The van der Waals surface area contributed by atoms with Crippen molar-refractivity contribution in [2.45, 2.75) is 37.9 Å². The first-order chi connectivity index (χ1) is 6.52. The Hall–Kier alpha value is -0.670. The number of carbonyl (C=O) groups is 1. The molecule has 1 heterocycles. The molecule has 0 aromatic heterocycles. The molecule has 1 aliphatic rings. The molecule has 1 atom stereocenters. The van der Waals surface area contributed by atoms with Gasteiger partial charge in [-0.05, 0) is 12.8 Å². The molecule has 0 bridgehead atoms. The van der Waals surface area contributed by atoms with Crippen LogP contribution in [0.3, 0.4) is 0 Å². The molecular formula is C8H13O5P. The second-order valence-electron chi connectivity index (χ2n) is 3.43. The smallest absolute Gasteiger partial charge is 0.315 e. The maximum atomic E-state index is 10.7. The van der Waals surface area contributed by atoms with Crippen LogP contribution in [0, 0.1) is 0 Å². The summed E-state index contributed by atoms with van der Waals surface area (Å²) in [6.07, 6.45) is 2.05. The summed E-state index contributed by atoms with van der Waals surface area (Å²) in [5, 5.41) is 9.63. The van der Waals surface area contributed by atoms with E-state index in [4.69, 9.17) is 4.74 Å². The molecule has 1 unspecified atom stereocenters. The number of esters is 1. The van der Waals surface area contributed by atoms with Crippen molar-refractivity contribution >= 4 is 13.6 Å². The second-order valence-corrected chi connectivity index (χ2v) is 4.55. The van der Waals surface area contributed by atoms with Gasteiger partial charge in [-0.25, -0.2) is 9.13 Å². The maximum Gasteiger partial charge on any atom is 0.315 e. The standard InChI is InChI=1S/C8H13O5P/c9-7-3-5-8(10,13-7)4-1-2-6-14(11)12/h10H,1-6H2. The normalized spacial score (nSPS) is 26.2. The van der Waals surface area contributed by atoms with Crippen molar-refractivity contribution in [3.05, 3.63) is 0 Å². The highest BCUT2D eigenvalue weighted by molar-refractivity contribution is 7.30. The minimum Gasteiger partial charge on any atom is -0.433 e. The zero-order chi connectivity index (χ0) is 10.6. The molecule has 0 aromatic carbocycles. The summed E-state index contributed by atoms with van der Waals surface area (Å²) in [5.74, 6) is -1.73. The largest absolute Gasteiger partial charge is 0.433 e. The highest BCUT2D eigenvalue weighted by Gasteiger charge is 2.37. The molecule has 0 saturated carbocycles. The van der Waals surface area contributed by atoms with Crippen LogP contribution < -0.4 is 0 Å². The number of hydrogen-bond acceptors (Lipinski definition) is 5. The highest BCUT2D eigenvalue weighted by atomic mass is 31.1. The lowest BCUT2D eigenvalue weighted by molar-refractivity contribution is -0.190. The molecule has 1 fully saturated rings. The van der Waals surface area contributed by atoms with Gasteiger partial charge < -0.3 is 9.84 Å². The lowest BCUT2D eigenvalue weighted by Gasteiger charge is -2.19. The van der Waals surface area contributed by atoms with Gasteiger partial charge in [-0.1, -0.05) is 0 Å². The molecule has 1 rings (SSSR count). The van der Waals surface area contributed by atoms with Gasteiger partial charge in [-0.3, -0.25) is 4.79 Å². The minimum absolute atomic E-state index is 0.124. The van der Waals surface area contributed by atoms with Crippen LogP contribution in [0.4, 0.5) is 0 Å². The molecule has 1 aliphatic heterocycles. The SMILES string of the molecule is O=C1CCC(O)(CCCCP(=O)=O)O1. The molecule has 6 heteroatoms. The van der Waals surface area contributed by atoms with Gasteiger partial charge in [0.15, 0.2) is 0 Å². The van der Waals surface area contributed by atoms with Gasteiger partial charge in [0.1, 0.15) is 0 Å². The number of cyclic esters (lactones) is 1. The van der Waals surface area contributed by atoms with Crippen molar-refractivity contribution in [1.82, 2.24) is 0 Å². The average Bonchev–Trinajstić information content (AvgIpc) is 2.41. The number of aliphatic hydroxyl groups is 1. The van der Waals surface area contributed by atoms with Crippen LogP contribution in [0.2, 0.25) is 0 Å². The van der Waals surface area contributed by atoms with Gasteiger partial charge in [0, 0.05) is 12.8 Å². The maximum absolute atomic E-state index is 10.7. The van der Waals surface area contributed by atoms with Crippen LogP contribution in [-0.4, -0.2) is 23.0 Å². The summed E-state index contributed by atoms with van der Waals surface area (Å²) in [4.78, 5) is 10.7. The van der Waals surface area contributed by atoms with E-state index in [-0.39, 0.29) is 18.6 Å². The molecule has 0 spiro atoms. The predicted octanol–water partition coefficient (Wildman–Crippen LogP) is 1.36. The molecule has 0 radical (unpaired) electrons. The van der Waals surface area contributed by atoms with E-state index in [9.17, 15) is 19.0 Å². The van der Waals surface area contributed by atoms with Crippen molar-refractivity contribution < 1.29 is 23.8 Å². The van der Waals surface area contributed by atoms with Gasteiger partial charge >= 0.3 is 13.6 Å². The lowest BCUT2D eigenvalue weighted by atomic mass is 10.1. The molecular weight excluding hydrogens is 207 g/mol. The third kappa shape index (κ3) is 3.60. The zero-order valence-electron chi connectivity index (χ0n) is 7.77. The van der Waals surface area contributed by atoms with Crippen LogP contribution >= 0.6 is 7.68 Å². The summed E-state index contributed by atoms with van der Waals surface area (Å²) in [6.45, 7) is 0. The fraction of sp³-hybridized carbons (Fsp3) is 0.875. The first-order valence-corrected chi connectivity index (χ1v) is 5.94. The van der Waals surface area contributed by atoms with Crippen molar-refractivity contribution in [3.63, 3.8) is 0 Å². The van der Waals surface area contributed by atoms with Gasteiger partial charge in [0.2, 0.25) is 5.79 Å². The van der Waals surface area contributed by atoms with Gasteiger partial charge in [0.05, 0.1) is 12.6 Å². The summed E-state index contributed by atoms with van der Waals surface area (Å²) in [7, 11) is -2.34. The number of ether oxygens (including phenoxy) is 1. The van der Waals surface area contributed by atoms with E-state index in [0.717, 1.165) is 0 Å². The Morgan fingerprint density at radius 2 is 2.14 bits per heavy atom. The number of rotatable bonds is 5. The minimum atomic E-state index is -2.34. The van der Waals surface area contributed by atoms with E-state index in [2.05, 4.69) is 0 Å². The van der Waals surface area contributed by atoms with E-state index in [1.165, 1.54) is 0 Å². The Morgan fingerprint density at radius 1 is 1.43 bits per heavy atom. The second kappa shape index (κ2) is 4.71. The average molecular weight is 220 g/mol. The predicted molar refractivity (Wildman–Crippen MR) is 47.3 cm³/mol. The lowest BCUT2D eigenvalue weighted by Crippen LogP contribution is -2.27. The third-order valence-electron chi connectivity index (χ3n) is 2.18. The van der Waals surface area contributed by atoms with Gasteiger partial charge in [0.25, 0.3) is 0 Å². The molecule has 80 valence electrons. The Kier molecular flexibility index (Phi) is 3.84. The highest BCUT2D eigenvalue weighted by Crippen LogP contribution is 2.29. The molecule has 1 N–H and O–H groups in total. The van der Waals surface area contributed by atoms with Crippen LogP contribution in [0.15, 0.2) is 0 Å². The molecule has 0 aromatic rings. The van der Waals surface area contributed by atoms with Crippen molar-refractivity contribution in [2.24, 2.45) is 0 Å². The monoisotopic (exact) mass is 220 g/mol. The van der Waals surface area contributed by atoms with E-state index < -0.39 is 13.5 Å². The first-order valence-electron chi connectivity index (χ1n) is 4.58. The quantitative estimate of drug-likeness (QED) is 0.429. The van der Waals surface area contributed by atoms with Crippen LogP contribution in [-0.2, 0) is 18.7 Å². The van der Waals surface area contributed by atoms with Gasteiger partial charge in [-0.15, -0.1) is 0 Å². The van der Waals surface area contributed by atoms with Crippen molar-refractivity contribution in [1.29, 1.82) is 0 Å². The molecule has 14 heavy (non-hydrogen) atoms. The number of hydrogen-bond donors (Lipinski definition) is 1. The van der Waals surface area contributed by atoms with E-state index in [1.807, 2.05) is 0 Å². The number of carbonyl (C=O) groups excluding carboxylic acids is 1. The van der Waals surface area contributed by atoms with Crippen LogP contribution in [0.5, 0.6) is 0 Å². The van der Waals surface area contributed by atoms with E-state index >= 15 is 0 Å². The number of unbranched alkanes of at least 4 members (excludes halogenated alkanes) is 1. The fourth-order valence-electron chi connectivity index (χ4n) is 1.43. The van der Waals surface area contributed by atoms with E-state index in [0.29, 0.717) is 25.7 Å². The van der Waals surface area contributed by atoms with E-state index in [1.54, 1.807) is 0 Å². The van der Waals surface area contributed by atoms with Gasteiger partial charge in [-0.2, -0.15) is 0 Å². The summed E-state index contributed by atoms with van der Waals surface area (Å²) in [6, 6.07) is 0.